The van der Waals surface area contributed by atoms with Gasteiger partial charge in [-0.1, -0.05) is 50.2 Å². The highest BCUT2D eigenvalue weighted by molar-refractivity contribution is 6.03. The molecule has 5 heteroatoms. The zero-order valence-electron chi connectivity index (χ0n) is 18.3. The Labute approximate surface area is 183 Å². The van der Waals surface area contributed by atoms with Gasteiger partial charge in [-0.3, -0.25) is 4.79 Å². The van der Waals surface area contributed by atoms with Gasteiger partial charge in [-0.2, -0.15) is 0 Å². The Morgan fingerprint density at radius 3 is 2.58 bits per heavy atom. The Morgan fingerprint density at radius 2 is 1.87 bits per heavy atom. The zero-order valence-corrected chi connectivity index (χ0v) is 18.3. The van der Waals surface area contributed by atoms with Crippen molar-refractivity contribution in [2.24, 2.45) is 5.41 Å². The van der Waals surface area contributed by atoms with E-state index in [1.807, 2.05) is 61.7 Å². The van der Waals surface area contributed by atoms with Crippen molar-refractivity contribution < 1.29 is 19.3 Å². The first-order valence-corrected chi connectivity index (χ1v) is 10.8. The maximum atomic E-state index is 13.2. The number of pyridine rings is 1. The minimum absolute atomic E-state index is 0.0862. The molecule has 0 fully saturated rings. The number of carbonyl (C=O) groups excluding carboxylic acids is 2. The lowest BCUT2D eigenvalue weighted by Crippen LogP contribution is -2.40. The fourth-order valence-corrected chi connectivity index (χ4v) is 4.59. The van der Waals surface area contributed by atoms with Crippen LogP contribution in [0.3, 0.4) is 0 Å². The summed E-state index contributed by atoms with van der Waals surface area (Å²) in [6.07, 6.45) is 3.70. The van der Waals surface area contributed by atoms with Crippen LogP contribution in [0, 0.1) is 5.41 Å². The molecule has 1 aliphatic carbocycles. The van der Waals surface area contributed by atoms with Crippen LogP contribution in [0.25, 0.3) is 0 Å². The number of H-pyrrole nitrogens is 1. The molecule has 0 saturated carbocycles. The number of ketones is 1. The molecule has 160 valence electrons. The lowest BCUT2D eigenvalue weighted by molar-refractivity contribution is -0.391. The maximum Gasteiger partial charge on any atom is 0.337 e. The van der Waals surface area contributed by atoms with Gasteiger partial charge >= 0.3 is 5.97 Å². The number of benzene rings is 1. The quantitative estimate of drug-likeness (QED) is 0.750. The van der Waals surface area contributed by atoms with Crippen molar-refractivity contribution in [1.29, 1.82) is 0 Å². The molecule has 5 nitrogen and oxygen atoms in total. The molecule has 0 spiro atoms. The van der Waals surface area contributed by atoms with Gasteiger partial charge < -0.3 is 10.1 Å². The highest BCUT2D eigenvalue weighted by Crippen LogP contribution is 2.45. The number of aromatic amines is 1. The topological polar surface area (TPSA) is 69.5 Å². The van der Waals surface area contributed by atoms with Crippen molar-refractivity contribution in [1.82, 2.24) is 5.32 Å². The van der Waals surface area contributed by atoms with Gasteiger partial charge in [-0.05, 0) is 24.3 Å². The minimum atomic E-state index is -0.453. The zero-order chi connectivity index (χ0) is 22.0. The minimum Gasteiger partial charge on any atom is -0.462 e. The summed E-state index contributed by atoms with van der Waals surface area (Å²) < 4.78 is 5.68. The van der Waals surface area contributed by atoms with Crippen molar-refractivity contribution in [3.05, 3.63) is 88.5 Å². The molecule has 4 rings (SSSR count). The number of allylic oxidation sites excluding steroid dienone is 3. The number of nitrogens with one attached hydrogen (secondary N) is 2. The number of rotatable bonds is 5. The van der Waals surface area contributed by atoms with E-state index in [0.717, 1.165) is 29.1 Å². The van der Waals surface area contributed by atoms with Gasteiger partial charge in [0.05, 0.1) is 12.2 Å². The Hall–Kier alpha value is -3.21. The third-order valence-electron chi connectivity index (χ3n) is 5.97. The number of hydrogen-bond acceptors (Lipinski definition) is 4. The van der Waals surface area contributed by atoms with Gasteiger partial charge in [-0.25, -0.2) is 9.78 Å². The molecule has 1 atom stereocenters. The van der Waals surface area contributed by atoms with E-state index in [0.29, 0.717) is 24.0 Å². The summed E-state index contributed by atoms with van der Waals surface area (Å²) >= 11 is 0. The summed E-state index contributed by atoms with van der Waals surface area (Å²) in [5, 5.41) is 3.37. The van der Waals surface area contributed by atoms with Crippen LogP contribution in [0.5, 0.6) is 0 Å². The number of ether oxygens (including phenoxy) is 1. The number of carbonyl (C=O) groups is 2. The summed E-state index contributed by atoms with van der Waals surface area (Å²) in [5.41, 5.74) is 4.68. The van der Waals surface area contributed by atoms with Gasteiger partial charge in [0, 0.05) is 41.9 Å². The summed E-state index contributed by atoms with van der Waals surface area (Å²) in [4.78, 5) is 29.7. The number of dihydropyridines is 1. The lowest BCUT2D eigenvalue weighted by Gasteiger charge is -2.38. The molecule has 0 bridgehead atoms. The van der Waals surface area contributed by atoms with E-state index in [9.17, 15) is 9.59 Å². The molecule has 1 unspecified atom stereocenters. The van der Waals surface area contributed by atoms with Crippen LogP contribution in [0.1, 0.15) is 50.8 Å². The Morgan fingerprint density at radius 1 is 1.13 bits per heavy atom. The Bertz CT molecular complexity index is 1050. The van der Waals surface area contributed by atoms with Crippen LogP contribution in [0.4, 0.5) is 0 Å². The Kier molecular flexibility index (Phi) is 5.77. The molecule has 1 aliphatic heterocycles. The lowest BCUT2D eigenvalue weighted by atomic mass is 9.69. The van der Waals surface area contributed by atoms with Crippen molar-refractivity contribution >= 4 is 11.8 Å². The van der Waals surface area contributed by atoms with E-state index in [1.165, 1.54) is 0 Å². The number of Topliss-reactive ketones (excluding diaryl/α,β-unsaturated/α-hetero) is 1. The van der Waals surface area contributed by atoms with Crippen LogP contribution in [0.2, 0.25) is 0 Å². The molecule has 1 aromatic carbocycles. The highest BCUT2D eigenvalue weighted by Gasteiger charge is 2.45. The van der Waals surface area contributed by atoms with E-state index in [1.54, 1.807) is 0 Å². The van der Waals surface area contributed by atoms with E-state index in [-0.39, 0.29) is 23.8 Å². The molecule has 0 amide bonds. The summed E-state index contributed by atoms with van der Waals surface area (Å²) in [6, 6.07) is 15.7. The predicted molar refractivity (Wildman–Crippen MR) is 118 cm³/mol. The largest absolute Gasteiger partial charge is 0.462 e. The molecule has 0 radical (unpaired) electrons. The second kappa shape index (κ2) is 8.50. The van der Waals surface area contributed by atoms with Gasteiger partial charge in [0.1, 0.15) is 5.92 Å². The molecular formula is C26H29N2O3+. The van der Waals surface area contributed by atoms with Crippen LogP contribution in [0.15, 0.2) is 77.3 Å². The maximum absolute atomic E-state index is 13.2. The molecule has 0 saturated heterocycles. The summed E-state index contributed by atoms with van der Waals surface area (Å²) in [7, 11) is 0. The monoisotopic (exact) mass is 417 g/mol. The Balaban J connectivity index is 1.64. The number of aromatic nitrogens is 1. The van der Waals surface area contributed by atoms with E-state index in [2.05, 4.69) is 24.1 Å². The van der Waals surface area contributed by atoms with Gasteiger partial charge in [0.2, 0.25) is 0 Å². The molecule has 31 heavy (non-hydrogen) atoms. The third kappa shape index (κ3) is 4.46. The van der Waals surface area contributed by atoms with Crippen LogP contribution < -0.4 is 10.3 Å². The first-order valence-electron chi connectivity index (χ1n) is 10.8. The van der Waals surface area contributed by atoms with Gasteiger partial charge in [0.15, 0.2) is 17.7 Å². The van der Waals surface area contributed by atoms with Crippen molar-refractivity contribution in [2.45, 2.75) is 46.0 Å². The first kappa shape index (κ1) is 21.0. The summed E-state index contributed by atoms with van der Waals surface area (Å²) in [6.45, 7) is 6.39. The summed E-state index contributed by atoms with van der Waals surface area (Å²) in [5.74, 6) is -0.749. The average Bonchev–Trinajstić information content (AvgIpc) is 2.73. The normalized spacial score (nSPS) is 20.2. The molecular weight excluding hydrogens is 388 g/mol. The second-order valence-corrected chi connectivity index (χ2v) is 9.12. The highest BCUT2D eigenvalue weighted by atomic mass is 16.5. The molecule has 1 aromatic heterocycles. The van der Waals surface area contributed by atoms with Crippen LogP contribution >= 0.6 is 0 Å². The van der Waals surface area contributed by atoms with Crippen molar-refractivity contribution in [3.8, 4) is 0 Å². The number of hydrogen-bond donors (Lipinski definition) is 1. The van der Waals surface area contributed by atoms with E-state index >= 15 is 0 Å². The average molecular weight is 418 g/mol. The van der Waals surface area contributed by atoms with E-state index in [4.69, 9.17) is 4.74 Å². The first-order chi connectivity index (χ1) is 14.9. The predicted octanol–water partition coefficient (Wildman–Crippen LogP) is 3.89. The molecule has 2 aliphatic rings. The third-order valence-corrected chi connectivity index (χ3v) is 5.97. The van der Waals surface area contributed by atoms with Crippen LogP contribution in [-0.2, 0) is 20.7 Å². The molecule has 2 aromatic rings. The fourth-order valence-electron chi connectivity index (χ4n) is 4.59. The van der Waals surface area contributed by atoms with Crippen molar-refractivity contribution in [2.75, 3.05) is 6.61 Å². The van der Waals surface area contributed by atoms with Crippen molar-refractivity contribution in [3.63, 3.8) is 0 Å². The number of esters is 1. The van der Waals surface area contributed by atoms with Gasteiger partial charge in [0.25, 0.3) is 0 Å². The molecule has 2 N–H and O–H groups in total. The molecule has 2 heterocycles. The van der Waals surface area contributed by atoms with E-state index < -0.39 is 5.92 Å². The SMILES string of the molecule is CC1=C(C(=O)OCCc2ccccc2)C(c2cccc[nH+]2)C2=C(CC(C)(C)CC2=O)N1. The second-order valence-electron chi connectivity index (χ2n) is 9.12. The standard InChI is InChI=1S/C26H28N2O3/c1-17-22(25(30)31-14-12-18-9-5-4-6-10-18)24(19-11-7-8-13-27-19)23-20(28-17)15-26(2,3)16-21(23)29/h4-11,13,24,28H,12,14-16H2,1-3H3/p+1. The van der Waals surface area contributed by atoms with Gasteiger partial charge in [-0.15, -0.1) is 0 Å². The van der Waals surface area contributed by atoms with Crippen LogP contribution in [-0.4, -0.2) is 18.4 Å². The fraction of sp³-hybridized carbons (Fsp3) is 0.346. The smallest absolute Gasteiger partial charge is 0.337 e.